The Bertz CT molecular complexity index is 475. The van der Waals surface area contributed by atoms with Crippen LogP contribution in [0.25, 0.3) is 0 Å². The molecule has 0 bridgehead atoms. The Morgan fingerprint density at radius 3 is 2.21 bits per heavy atom. The highest BCUT2D eigenvalue weighted by atomic mass is 19.4. The highest BCUT2D eigenvalue weighted by Gasteiger charge is 2.65. The molecule has 104 valence electrons. The van der Waals surface area contributed by atoms with Gasteiger partial charge in [-0.25, -0.2) is 0 Å². The molecule has 6 heteroatoms. The van der Waals surface area contributed by atoms with Crippen molar-refractivity contribution in [2.45, 2.75) is 24.7 Å². The normalized spacial score (nSPS) is 21.9. The largest absolute Gasteiger partial charge is 0.430 e. The number of carbonyl (C=O) groups excluding carboxylic acids is 1. The summed E-state index contributed by atoms with van der Waals surface area (Å²) in [6.07, 6.45) is -4.82. The number of methoxy groups -OCH3 is 1. The highest BCUT2D eigenvalue weighted by molar-refractivity contribution is 5.89. The molecule has 1 aliphatic heterocycles. The predicted molar refractivity (Wildman–Crippen MR) is 62.4 cm³/mol. The van der Waals surface area contributed by atoms with Crippen LogP contribution in [0.5, 0.6) is 0 Å². The van der Waals surface area contributed by atoms with Crippen molar-refractivity contribution in [1.29, 1.82) is 0 Å². The van der Waals surface area contributed by atoms with Crippen molar-refractivity contribution in [3.8, 4) is 0 Å². The van der Waals surface area contributed by atoms with Crippen LogP contribution in [0.1, 0.15) is 12.5 Å². The van der Waals surface area contributed by atoms with Crippen LogP contribution in [-0.2, 0) is 15.1 Å². The Balaban J connectivity index is 2.52. The Hall–Kier alpha value is -1.56. The monoisotopic (exact) mass is 273 g/mol. The zero-order valence-corrected chi connectivity index (χ0v) is 10.6. The molecule has 3 nitrogen and oxygen atoms in total. The molecular formula is C13H14F3NO2. The van der Waals surface area contributed by atoms with Gasteiger partial charge in [-0.1, -0.05) is 30.3 Å². The number of alkyl halides is 3. The number of rotatable bonds is 3. The number of halogens is 3. The van der Waals surface area contributed by atoms with E-state index in [1.807, 2.05) is 0 Å². The SMILES string of the molecule is CO[C@@](C(=O)N1C[C@@H]1C)(c1ccccc1)C(F)(F)F. The van der Waals surface area contributed by atoms with E-state index in [0.29, 0.717) is 6.54 Å². The summed E-state index contributed by atoms with van der Waals surface area (Å²) in [6.45, 7) is 2.02. The fraction of sp³-hybridized carbons (Fsp3) is 0.462. The van der Waals surface area contributed by atoms with E-state index in [1.165, 1.54) is 24.3 Å². The first-order chi connectivity index (χ1) is 8.84. The van der Waals surface area contributed by atoms with E-state index in [9.17, 15) is 18.0 Å². The molecule has 2 atom stereocenters. The summed E-state index contributed by atoms with van der Waals surface area (Å²) in [5, 5.41) is 0. The first-order valence-electron chi connectivity index (χ1n) is 5.83. The molecule has 1 aromatic carbocycles. The van der Waals surface area contributed by atoms with Crippen LogP contribution in [0.4, 0.5) is 13.2 Å². The van der Waals surface area contributed by atoms with Gasteiger partial charge in [-0.2, -0.15) is 13.2 Å². The summed E-state index contributed by atoms with van der Waals surface area (Å²) in [4.78, 5) is 13.4. The Morgan fingerprint density at radius 1 is 1.32 bits per heavy atom. The minimum Gasteiger partial charge on any atom is -0.356 e. The van der Waals surface area contributed by atoms with Gasteiger partial charge in [0.15, 0.2) is 0 Å². The maximum atomic E-state index is 13.5. The Morgan fingerprint density at radius 2 is 1.84 bits per heavy atom. The molecule has 1 heterocycles. The van der Waals surface area contributed by atoms with Crippen molar-refractivity contribution in [2.24, 2.45) is 0 Å². The molecule has 1 saturated heterocycles. The number of benzene rings is 1. The van der Waals surface area contributed by atoms with Gasteiger partial charge in [-0.3, -0.25) is 4.79 Å². The lowest BCUT2D eigenvalue weighted by molar-refractivity contribution is -0.268. The molecule has 0 N–H and O–H groups in total. The van der Waals surface area contributed by atoms with Crippen molar-refractivity contribution in [1.82, 2.24) is 4.90 Å². The van der Waals surface area contributed by atoms with Crippen molar-refractivity contribution in [2.75, 3.05) is 13.7 Å². The van der Waals surface area contributed by atoms with Crippen LogP contribution < -0.4 is 0 Å². The average molecular weight is 273 g/mol. The molecule has 0 aromatic heterocycles. The Kier molecular flexibility index (Phi) is 3.30. The number of hydrogen-bond acceptors (Lipinski definition) is 2. The molecule has 19 heavy (non-hydrogen) atoms. The molecule has 1 aliphatic rings. The average Bonchev–Trinajstić information content (AvgIpc) is 3.07. The molecule has 2 rings (SSSR count). The van der Waals surface area contributed by atoms with E-state index in [-0.39, 0.29) is 11.6 Å². The van der Waals surface area contributed by atoms with E-state index >= 15 is 0 Å². The van der Waals surface area contributed by atoms with Gasteiger partial charge in [0, 0.05) is 25.3 Å². The van der Waals surface area contributed by atoms with Gasteiger partial charge in [-0.15, -0.1) is 0 Å². The smallest absolute Gasteiger partial charge is 0.356 e. The summed E-state index contributed by atoms with van der Waals surface area (Å²) in [5.74, 6) is -1.05. The number of hydrogen-bond donors (Lipinski definition) is 0. The number of ether oxygens (including phenoxy) is 1. The van der Waals surface area contributed by atoms with Gasteiger partial charge in [-0.05, 0) is 6.92 Å². The van der Waals surface area contributed by atoms with Crippen LogP contribution in [0, 0.1) is 0 Å². The van der Waals surface area contributed by atoms with E-state index in [0.717, 1.165) is 12.0 Å². The zero-order chi connectivity index (χ0) is 14.3. The number of nitrogens with zero attached hydrogens (tertiary/aromatic N) is 1. The Labute approximate surface area is 109 Å². The van der Waals surface area contributed by atoms with Gasteiger partial charge in [0.25, 0.3) is 11.5 Å². The fourth-order valence-corrected chi connectivity index (χ4v) is 2.12. The lowest BCUT2D eigenvalue weighted by atomic mass is 9.91. The molecule has 0 radical (unpaired) electrons. The third-order valence-corrected chi connectivity index (χ3v) is 3.31. The zero-order valence-electron chi connectivity index (χ0n) is 10.6. The minimum atomic E-state index is -4.82. The predicted octanol–water partition coefficient (Wildman–Crippen LogP) is 2.32. The second kappa shape index (κ2) is 4.52. The van der Waals surface area contributed by atoms with E-state index in [2.05, 4.69) is 4.74 Å². The van der Waals surface area contributed by atoms with E-state index in [4.69, 9.17) is 0 Å². The quantitative estimate of drug-likeness (QED) is 0.791. The third kappa shape index (κ3) is 2.10. The molecule has 0 aliphatic carbocycles. The highest BCUT2D eigenvalue weighted by Crippen LogP contribution is 2.45. The van der Waals surface area contributed by atoms with E-state index < -0.39 is 17.7 Å². The minimum absolute atomic E-state index is 0.173. The van der Waals surface area contributed by atoms with E-state index in [1.54, 1.807) is 13.0 Å². The van der Waals surface area contributed by atoms with Crippen molar-refractivity contribution in [3.05, 3.63) is 35.9 Å². The standard InChI is InChI=1S/C13H14F3NO2/c1-9-8-17(9)11(18)12(19-2,13(14,15)16)10-6-4-3-5-7-10/h3-7,9H,8H2,1-2H3/t9-,12+,17?/m0/s1. The second-order valence-corrected chi connectivity index (χ2v) is 4.56. The molecule has 0 saturated carbocycles. The molecule has 1 aromatic rings. The van der Waals surface area contributed by atoms with Crippen molar-refractivity contribution < 1.29 is 22.7 Å². The van der Waals surface area contributed by atoms with Crippen LogP contribution in [0.15, 0.2) is 30.3 Å². The van der Waals surface area contributed by atoms with Gasteiger partial charge in [0.2, 0.25) is 0 Å². The lowest BCUT2D eigenvalue weighted by Crippen LogP contribution is -2.53. The molecular weight excluding hydrogens is 259 g/mol. The lowest BCUT2D eigenvalue weighted by Gasteiger charge is -2.33. The summed E-state index contributed by atoms with van der Waals surface area (Å²) >= 11 is 0. The topological polar surface area (TPSA) is 29.3 Å². The first kappa shape index (κ1) is 13.9. The van der Waals surface area contributed by atoms with Crippen molar-refractivity contribution in [3.63, 3.8) is 0 Å². The summed E-state index contributed by atoms with van der Waals surface area (Å²) < 4.78 is 45.0. The van der Waals surface area contributed by atoms with Gasteiger partial charge in [0.1, 0.15) is 0 Å². The van der Waals surface area contributed by atoms with Crippen LogP contribution in [0.3, 0.4) is 0 Å². The van der Waals surface area contributed by atoms with Crippen molar-refractivity contribution >= 4 is 5.91 Å². The van der Waals surface area contributed by atoms with Crippen LogP contribution in [0.2, 0.25) is 0 Å². The molecule has 0 unspecified atom stereocenters. The second-order valence-electron chi connectivity index (χ2n) is 4.56. The number of carbonyl (C=O) groups is 1. The molecule has 1 amide bonds. The van der Waals surface area contributed by atoms with Gasteiger partial charge < -0.3 is 9.64 Å². The summed E-state index contributed by atoms with van der Waals surface area (Å²) in [6, 6.07) is 6.83. The summed E-state index contributed by atoms with van der Waals surface area (Å²) in [5.41, 5.74) is -3.12. The first-order valence-corrected chi connectivity index (χ1v) is 5.83. The maximum Gasteiger partial charge on any atom is 0.430 e. The van der Waals surface area contributed by atoms with Crippen LogP contribution >= 0.6 is 0 Å². The summed E-state index contributed by atoms with van der Waals surface area (Å²) in [7, 11) is 0.909. The fourth-order valence-electron chi connectivity index (χ4n) is 2.12. The van der Waals surface area contributed by atoms with Crippen LogP contribution in [-0.4, -0.2) is 36.7 Å². The molecule has 0 spiro atoms. The number of amides is 1. The van der Waals surface area contributed by atoms with Gasteiger partial charge >= 0.3 is 6.18 Å². The molecule has 1 fully saturated rings. The maximum absolute atomic E-state index is 13.5. The third-order valence-electron chi connectivity index (χ3n) is 3.31. The van der Waals surface area contributed by atoms with Gasteiger partial charge in [0.05, 0.1) is 0 Å².